The monoisotopic (exact) mass is 249 g/mol. The summed E-state index contributed by atoms with van der Waals surface area (Å²) in [5, 5.41) is 2.87. The minimum atomic E-state index is -0.490. The fraction of sp³-hybridized carbons (Fsp3) is 0.500. The summed E-state index contributed by atoms with van der Waals surface area (Å²) in [5.41, 5.74) is 0.543. The Morgan fingerprint density at radius 2 is 2.00 bits per heavy atom. The van der Waals surface area contributed by atoms with Crippen LogP contribution in [-0.2, 0) is 9.47 Å². The molecule has 1 N–H and O–H groups in total. The molecule has 0 spiro atoms. The van der Waals surface area contributed by atoms with Crippen LogP contribution in [0.5, 0.6) is 0 Å². The van der Waals surface area contributed by atoms with Crippen LogP contribution in [-0.4, -0.2) is 24.4 Å². The largest absolute Gasteiger partial charge is 0.444 e. The zero-order valence-corrected chi connectivity index (χ0v) is 11.0. The first-order valence-corrected chi connectivity index (χ1v) is 6.12. The van der Waals surface area contributed by atoms with E-state index >= 15 is 0 Å². The molecule has 1 aliphatic heterocycles. The fourth-order valence-corrected chi connectivity index (χ4v) is 1.73. The zero-order valence-electron chi connectivity index (χ0n) is 11.0. The lowest BCUT2D eigenvalue weighted by atomic mass is 10.0. The predicted octanol–water partition coefficient (Wildman–Crippen LogP) is 2.65. The Balaban J connectivity index is 2.02. The Morgan fingerprint density at radius 1 is 1.39 bits per heavy atom. The maximum Gasteiger partial charge on any atom is 0.408 e. The molecule has 1 heterocycles. The molecule has 0 radical (unpaired) electrons. The summed E-state index contributed by atoms with van der Waals surface area (Å²) in [7, 11) is 0. The summed E-state index contributed by atoms with van der Waals surface area (Å²) in [5.74, 6) is 0. The van der Waals surface area contributed by atoms with Gasteiger partial charge in [0.15, 0.2) is 0 Å². The van der Waals surface area contributed by atoms with Gasteiger partial charge < -0.3 is 14.8 Å². The normalized spacial score (nSPS) is 20.1. The van der Waals surface area contributed by atoms with Crippen molar-refractivity contribution in [1.82, 2.24) is 5.32 Å². The zero-order chi connectivity index (χ0) is 13.2. The number of ether oxygens (including phenoxy) is 2. The van der Waals surface area contributed by atoms with Gasteiger partial charge in [-0.3, -0.25) is 0 Å². The molecule has 1 aromatic carbocycles. The Morgan fingerprint density at radius 3 is 2.50 bits per heavy atom. The molecule has 4 nitrogen and oxygen atoms in total. The van der Waals surface area contributed by atoms with E-state index in [2.05, 4.69) is 5.32 Å². The minimum absolute atomic E-state index is 0.0555. The Hall–Kier alpha value is -1.55. The number of hydrogen-bond acceptors (Lipinski definition) is 3. The average molecular weight is 249 g/mol. The van der Waals surface area contributed by atoms with Gasteiger partial charge in [0, 0.05) is 0 Å². The number of carbonyl (C=O) groups excluding carboxylic acids is 1. The second-order valence-electron chi connectivity index (χ2n) is 5.41. The predicted molar refractivity (Wildman–Crippen MR) is 68.3 cm³/mol. The maximum absolute atomic E-state index is 11.8. The molecule has 0 unspecified atom stereocenters. The quantitative estimate of drug-likeness (QED) is 0.838. The van der Waals surface area contributed by atoms with Gasteiger partial charge in [0.1, 0.15) is 11.7 Å². The van der Waals surface area contributed by atoms with Crippen LogP contribution in [0.3, 0.4) is 0 Å². The molecule has 1 saturated heterocycles. The Bertz CT molecular complexity index is 407. The molecule has 2 rings (SSSR count). The number of amides is 1. The maximum atomic E-state index is 11.8. The van der Waals surface area contributed by atoms with Gasteiger partial charge in [-0.1, -0.05) is 30.3 Å². The number of hydrogen-bond donors (Lipinski definition) is 1. The van der Waals surface area contributed by atoms with E-state index in [4.69, 9.17) is 9.47 Å². The van der Waals surface area contributed by atoms with Crippen LogP contribution in [0.1, 0.15) is 32.4 Å². The van der Waals surface area contributed by atoms with Crippen molar-refractivity contribution in [2.45, 2.75) is 38.5 Å². The number of epoxide rings is 1. The van der Waals surface area contributed by atoms with Gasteiger partial charge >= 0.3 is 6.09 Å². The molecular formula is C14H19NO3. The highest BCUT2D eigenvalue weighted by molar-refractivity contribution is 5.68. The number of alkyl carbamates (subject to hydrolysis) is 1. The highest BCUT2D eigenvalue weighted by atomic mass is 16.6. The lowest BCUT2D eigenvalue weighted by Gasteiger charge is -2.23. The lowest BCUT2D eigenvalue weighted by Crippen LogP contribution is -2.36. The van der Waals surface area contributed by atoms with Crippen LogP contribution in [0.4, 0.5) is 4.79 Å². The van der Waals surface area contributed by atoms with Crippen molar-refractivity contribution in [3.8, 4) is 0 Å². The average Bonchev–Trinajstić information content (AvgIpc) is 3.08. The first kappa shape index (κ1) is 12.9. The van der Waals surface area contributed by atoms with E-state index in [1.165, 1.54) is 0 Å². The van der Waals surface area contributed by atoms with Crippen molar-refractivity contribution in [2.24, 2.45) is 0 Å². The molecular weight excluding hydrogens is 230 g/mol. The number of nitrogens with one attached hydrogen (secondary N) is 1. The van der Waals surface area contributed by atoms with E-state index in [0.29, 0.717) is 6.61 Å². The highest BCUT2D eigenvalue weighted by Gasteiger charge is 2.35. The second-order valence-corrected chi connectivity index (χ2v) is 5.41. The molecule has 1 fully saturated rings. The second kappa shape index (κ2) is 4.98. The summed E-state index contributed by atoms with van der Waals surface area (Å²) in [4.78, 5) is 11.8. The smallest absolute Gasteiger partial charge is 0.408 e. The molecule has 1 aliphatic rings. The number of carbonyl (C=O) groups is 1. The third-order valence-electron chi connectivity index (χ3n) is 2.56. The van der Waals surface area contributed by atoms with Gasteiger partial charge in [-0.15, -0.1) is 0 Å². The van der Waals surface area contributed by atoms with Crippen molar-refractivity contribution in [3.05, 3.63) is 35.9 Å². The third-order valence-corrected chi connectivity index (χ3v) is 2.56. The van der Waals surface area contributed by atoms with Crippen LogP contribution in [0, 0.1) is 0 Å². The van der Waals surface area contributed by atoms with E-state index in [9.17, 15) is 4.79 Å². The van der Waals surface area contributed by atoms with Gasteiger partial charge in [0.2, 0.25) is 0 Å². The first-order chi connectivity index (χ1) is 8.46. The summed E-state index contributed by atoms with van der Waals surface area (Å²) < 4.78 is 10.5. The molecule has 0 saturated carbocycles. The highest BCUT2D eigenvalue weighted by Crippen LogP contribution is 2.27. The van der Waals surface area contributed by atoms with Gasteiger partial charge in [0.05, 0.1) is 12.6 Å². The van der Waals surface area contributed by atoms with Gasteiger partial charge in [0.25, 0.3) is 0 Å². The minimum Gasteiger partial charge on any atom is -0.444 e. The molecule has 2 atom stereocenters. The van der Waals surface area contributed by atoms with Crippen molar-refractivity contribution in [1.29, 1.82) is 0 Å². The van der Waals surface area contributed by atoms with Crippen LogP contribution >= 0.6 is 0 Å². The van der Waals surface area contributed by atoms with Crippen molar-refractivity contribution < 1.29 is 14.3 Å². The first-order valence-electron chi connectivity index (χ1n) is 6.12. The van der Waals surface area contributed by atoms with E-state index < -0.39 is 11.7 Å². The van der Waals surface area contributed by atoms with Crippen molar-refractivity contribution in [3.63, 3.8) is 0 Å². The van der Waals surface area contributed by atoms with E-state index in [0.717, 1.165) is 5.56 Å². The number of rotatable bonds is 3. The molecule has 4 heteroatoms. The molecule has 1 aromatic rings. The topological polar surface area (TPSA) is 50.9 Å². The van der Waals surface area contributed by atoms with Crippen molar-refractivity contribution in [2.75, 3.05) is 6.61 Å². The summed E-state index contributed by atoms with van der Waals surface area (Å²) in [6.07, 6.45) is -0.355. The van der Waals surface area contributed by atoms with E-state index in [1.807, 2.05) is 51.1 Å². The molecule has 0 bridgehead atoms. The summed E-state index contributed by atoms with van der Waals surface area (Å²) in [6, 6.07) is 9.65. The van der Waals surface area contributed by atoms with Crippen molar-refractivity contribution >= 4 is 6.09 Å². The van der Waals surface area contributed by atoms with E-state index in [-0.39, 0.29) is 12.1 Å². The lowest BCUT2D eigenvalue weighted by molar-refractivity contribution is 0.0494. The van der Waals surface area contributed by atoms with Crippen LogP contribution in [0.15, 0.2) is 30.3 Å². The van der Waals surface area contributed by atoms with Crippen LogP contribution in [0.2, 0.25) is 0 Å². The number of benzene rings is 1. The van der Waals surface area contributed by atoms with Gasteiger partial charge in [-0.25, -0.2) is 4.79 Å². The third kappa shape index (κ3) is 3.74. The Kier molecular flexibility index (Phi) is 3.57. The molecule has 1 amide bonds. The molecule has 98 valence electrons. The van der Waals surface area contributed by atoms with Crippen LogP contribution < -0.4 is 5.32 Å². The molecule has 0 aliphatic carbocycles. The molecule has 18 heavy (non-hydrogen) atoms. The molecule has 0 aromatic heterocycles. The Labute approximate surface area is 107 Å². The van der Waals surface area contributed by atoms with Gasteiger partial charge in [-0.2, -0.15) is 0 Å². The van der Waals surface area contributed by atoms with Gasteiger partial charge in [-0.05, 0) is 26.3 Å². The fourth-order valence-electron chi connectivity index (χ4n) is 1.73. The SMILES string of the molecule is CC(C)(C)OC(=O)N[C@H](c1ccccc1)[C@H]1CO1. The summed E-state index contributed by atoms with van der Waals surface area (Å²) >= 11 is 0. The van der Waals surface area contributed by atoms with E-state index in [1.54, 1.807) is 0 Å². The standard InChI is InChI=1S/C14H19NO3/c1-14(2,3)18-13(16)15-12(11-9-17-11)10-7-5-4-6-8-10/h4-8,11-12H,9H2,1-3H3,(H,15,16)/t11-,12-/m1/s1. The summed E-state index contributed by atoms with van der Waals surface area (Å²) in [6.45, 7) is 6.21. The van der Waals surface area contributed by atoms with Crippen LogP contribution in [0.25, 0.3) is 0 Å².